The maximum atomic E-state index is 11.8. The van der Waals surface area contributed by atoms with Gasteiger partial charge in [-0.15, -0.1) is 0 Å². The highest BCUT2D eigenvalue weighted by Crippen LogP contribution is 2.26. The SMILES string of the molecule is CC(C)C(=O)Nc1cccc(-c2c[nH]c3ncc(Cl)nc23)n1. The van der Waals surface area contributed by atoms with Gasteiger partial charge in [0.1, 0.15) is 16.5 Å². The van der Waals surface area contributed by atoms with Gasteiger partial charge in [-0.25, -0.2) is 15.0 Å². The van der Waals surface area contributed by atoms with Gasteiger partial charge >= 0.3 is 0 Å². The number of rotatable bonds is 3. The minimum absolute atomic E-state index is 0.0774. The van der Waals surface area contributed by atoms with Crippen LogP contribution in [0, 0.1) is 5.92 Å². The van der Waals surface area contributed by atoms with E-state index in [2.05, 4.69) is 25.3 Å². The van der Waals surface area contributed by atoms with E-state index < -0.39 is 0 Å². The average Bonchev–Trinajstić information content (AvgIpc) is 2.90. The van der Waals surface area contributed by atoms with Crippen molar-refractivity contribution >= 4 is 34.5 Å². The van der Waals surface area contributed by atoms with Gasteiger partial charge in [0.25, 0.3) is 0 Å². The van der Waals surface area contributed by atoms with Gasteiger partial charge in [0.05, 0.1) is 11.9 Å². The van der Waals surface area contributed by atoms with Crippen LogP contribution in [0.2, 0.25) is 5.15 Å². The minimum Gasteiger partial charge on any atom is -0.344 e. The number of pyridine rings is 1. The number of nitrogens with zero attached hydrogens (tertiary/aromatic N) is 3. The van der Waals surface area contributed by atoms with E-state index in [1.807, 2.05) is 26.0 Å². The first-order valence-electron chi connectivity index (χ1n) is 6.82. The molecule has 0 aliphatic rings. The van der Waals surface area contributed by atoms with Crippen LogP contribution in [0.1, 0.15) is 13.8 Å². The Hall–Kier alpha value is -2.47. The number of nitrogens with one attached hydrogen (secondary N) is 2. The number of hydrogen-bond acceptors (Lipinski definition) is 4. The van der Waals surface area contributed by atoms with Gasteiger partial charge in [0, 0.05) is 17.7 Å². The summed E-state index contributed by atoms with van der Waals surface area (Å²) in [6, 6.07) is 5.42. The molecule has 7 heteroatoms. The number of amides is 1. The second kappa shape index (κ2) is 5.73. The summed E-state index contributed by atoms with van der Waals surface area (Å²) in [4.78, 5) is 27.7. The maximum Gasteiger partial charge on any atom is 0.228 e. The van der Waals surface area contributed by atoms with Crippen LogP contribution >= 0.6 is 11.6 Å². The Morgan fingerprint density at radius 2 is 2.14 bits per heavy atom. The number of aromatic nitrogens is 4. The smallest absolute Gasteiger partial charge is 0.228 e. The number of carbonyl (C=O) groups excluding carboxylic acids is 1. The van der Waals surface area contributed by atoms with Crippen LogP contribution in [0.3, 0.4) is 0 Å². The van der Waals surface area contributed by atoms with Crippen molar-refractivity contribution in [2.75, 3.05) is 5.32 Å². The lowest BCUT2D eigenvalue weighted by Gasteiger charge is -2.08. The fraction of sp³-hybridized carbons (Fsp3) is 0.200. The highest BCUT2D eigenvalue weighted by Gasteiger charge is 2.12. The van der Waals surface area contributed by atoms with E-state index in [4.69, 9.17) is 11.6 Å². The molecule has 0 spiro atoms. The van der Waals surface area contributed by atoms with Crippen LogP contribution in [-0.4, -0.2) is 25.8 Å². The van der Waals surface area contributed by atoms with Crippen molar-refractivity contribution in [3.05, 3.63) is 35.7 Å². The third-order valence-electron chi connectivity index (χ3n) is 3.15. The molecule has 22 heavy (non-hydrogen) atoms. The molecule has 0 aliphatic carbocycles. The number of anilines is 1. The lowest BCUT2D eigenvalue weighted by atomic mass is 10.2. The molecule has 3 rings (SSSR count). The molecule has 3 aromatic heterocycles. The van der Waals surface area contributed by atoms with E-state index in [1.165, 1.54) is 6.20 Å². The zero-order valence-corrected chi connectivity index (χ0v) is 12.8. The summed E-state index contributed by atoms with van der Waals surface area (Å²) in [7, 11) is 0. The summed E-state index contributed by atoms with van der Waals surface area (Å²) >= 11 is 5.91. The number of H-pyrrole nitrogens is 1. The highest BCUT2D eigenvalue weighted by atomic mass is 35.5. The zero-order valence-electron chi connectivity index (χ0n) is 12.1. The van der Waals surface area contributed by atoms with Crippen LogP contribution in [0.4, 0.5) is 5.82 Å². The summed E-state index contributed by atoms with van der Waals surface area (Å²) < 4.78 is 0. The van der Waals surface area contributed by atoms with Crippen LogP contribution in [-0.2, 0) is 4.79 Å². The van der Waals surface area contributed by atoms with Crippen molar-refractivity contribution in [1.29, 1.82) is 0 Å². The maximum absolute atomic E-state index is 11.8. The third kappa shape index (κ3) is 2.78. The molecule has 2 N–H and O–H groups in total. The minimum atomic E-state index is -0.108. The first kappa shape index (κ1) is 14.5. The molecule has 112 valence electrons. The topological polar surface area (TPSA) is 83.6 Å². The molecule has 0 saturated carbocycles. The van der Waals surface area contributed by atoms with Crippen molar-refractivity contribution in [3.63, 3.8) is 0 Å². The van der Waals surface area contributed by atoms with Gasteiger partial charge in [-0.1, -0.05) is 31.5 Å². The lowest BCUT2D eigenvalue weighted by molar-refractivity contribution is -0.118. The fourth-order valence-electron chi connectivity index (χ4n) is 1.99. The molecule has 0 fully saturated rings. The summed E-state index contributed by atoms with van der Waals surface area (Å²) in [6.45, 7) is 3.66. The molecule has 0 radical (unpaired) electrons. The van der Waals surface area contributed by atoms with Crippen LogP contribution in [0.5, 0.6) is 0 Å². The van der Waals surface area contributed by atoms with Crippen LogP contribution < -0.4 is 5.32 Å². The normalized spacial score (nSPS) is 11.1. The second-order valence-electron chi connectivity index (χ2n) is 5.14. The largest absolute Gasteiger partial charge is 0.344 e. The van der Waals surface area contributed by atoms with Crippen LogP contribution in [0.25, 0.3) is 22.4 Å². The van der Waals surface area contributed by atoms with E-state index in [0.29, 0.717) is 27.8 Å². The van der Waals surface area contributed by atoms with Crippen LogP contribution in [0.15, 0.2) is 30.6 Å². The van der Waals surface area contributed by atoms with Crippen molar-refractivity contribution in [2.45, 2.75) is 13.8 Å². The quantitative estimate of drug-likeness (QED) is 0.777. The van der Waals surface area contributed by atoms with Gasteiger partial charge in [0.2, 0.25) is 5.91 Å². The molecule has 3 aromatic rings. The Labute approximate surface area is 132 Å². The number of halogens is 1. The number of fused-ring (bicyclic) bond motifs is 1. The summed E-state index contributed by atoms with van der Waals surface area (Å²) in [5.74, 6) is 0.315. The zero-order chi connectivity index (χ0) is 15.7. The number of hydrogen-bond donors (Lipinski definition) is 2. The standard InChI is InChI=1S/C15H14ClN5O/c1-8(2)15(22)21-12-5-3-4-10(19-12)9-6-17-14-13(9)20-11(16)7-18-14/h3-8H,1-2H3,(H,17,18)(H,19,21,22). The molecule has 3 heterocycles. The summed E-state index contributed by atoms with van der Waals surface area (Å²) in [5.41, 5.74) is 2.75. The van der Waals surface area contributed by atoms with Gasteiger partial charge in [-0.2, -0.15) is 0 Å². The molecule has 0 atom stereocenters. The molecular formula is C15H14ClN5O. The predicted molar refractivity (Wildman–Crippen MR) is 85.6 cm³/mol. The van der Waals surface area contributed by atoms with Crippen molar-refractivity contribution in [2.24, 2.45) is 5.92 Å². The first-order valence-corrected chi connectivity index (χ1v) is 7.20. The number of aromatic amines is 1. The predicted octanol–water partition coefficient (Wildman–Crippen LogP) is 3.27. The van der Waals surface area contributed by atoms with Crippen molar-refractivity contribution < 1.29 is 4.79 Å². The van der Waals surface area contributed by atoms with Gasteiger partial charge in [-0.3, -0.25) is 4.79 Å². The fourth-order valence-corrected chi connectivity index (χ4v) is 2.12. The molecule has 0 aromatic carbocycles. The molecule has 0 aliphatic heterocycles. The third-order valence-corrected chi connectivity index (χ3v) is 3.33. The van der Waals surface area contributed by atoms with Crippen molar-refractivity contribution in [3.8, 4) is 11.3 Å². The monoisotopic (exact) mass is 315 g/mol. The van der Waals surface area contributed by atoms with E-state index in [1.54, 1.807) is 12.3 Å². The Morgan fingerprint density at radius 3 is 2.91 bits per heavy atom. The van der Waals surface area contributed by atoms with E-state index >= 15 is 0 Å². The molecular weight excluding hydrogens is 302 g/mol. The molecule has 6 nitrogen and oxygen atoms in total. The Balaban J connectivity index is 2.00. The molecule has 0 unspecified atom stereocenters. The number of carbonyl (C=O) groups is 1. The second-order valence-corrected chi connectivity index (χ2v) is 5.53. The van der Waals surface area contributed by atoms with Crippen molar-refractivity contribution in [1.82, 2.24) is 19.9 Å². The van der Waals surface area contributed by atoms with Gasteiger partial charge < -0.3 is 10.3 Å². The molecule has 0 bridgehead atoms. The Kier molecular flexibility index (Phi) is 3.77. The van der Waals surface area contributed by atoms with Gasteiger partial charge in [-0.05, 0) is 12.1 Å². The Bertz CT molecular complexity index is 843. The summed E-state index contributed by atoms with van der Waals surface area (Å²) in [6.07, 6.45) is 3.26. The average molecular weight is 316 g/mol. The molecule has 0 saturated heterocycles. The van der Waals surface area contributed by atoms with E-state index in [-0.39, 0.29) is 11.8 Å². The molecule has 1 amide bonds. The summed E-state index contributed by atoms with van der Waals surface area (Å²) in [5, 5.41) is 3.10. The highest BCUT2D eigenvalue weighted by molar-refractivity contribution is 6.29. The first-order chi connectivity index (χ1) is 10.5. The Morgan fingerprint density at radius 1 is 1.32 bits per heavy atom. The van der Waals surface area contributed by atoms with Gasteiger partial charge in [0.15, 0.2) is 5.65 Å². The lowest BCUT2D eigenvalue weighted by Crippen LogP contribution is -2.18. The van der Waals surface area contributed by atoms with E-state index in [9.17, 15) is 4.79 Å². The van der Waals surface area contributed by atoms with E-state index in [0.717, 1.165) is 5.56 Å².